The van der Waals surface area contributed by atoms with Crippen LogP contribution in [0.15, 0.2) is 46.7 Å². The largest absolute Gasteiger partial charge is 0.481 e. The molecule has 2 rings (SSSR count). The van der Waals surface area contributed by atoms with Crippen LogP contribution in [0, 0.1) is 5.82 Å². The fraction of sp³-hybridized carbons (Fsp3) is 0.154. The van der Waals surface area contributed by atoms with Crippen LogP contribution in [-0.4, -0.2) is 19.5 Å². The van der Waals surface area contributed by atoms with E-state index in [1.165, 1.54) is 23.5 Å². The van der Waals surface area contributed by atoms with Crippen LogP contribution in [0.25, 0.3) is 0 Å². The average molecular weight is 329 g/mol. The summed E-state index contributed by atoms with van der Waals surface area (Å²) in [4.78, 5) is 10.9. The summed E-state index contributed by atoms with van der Waals surface area (Å²) in [6.07, 6.45) is -0.422. The Hall–Kier alpha value is -1.77. The van der Waals surface area contributed by atoms with Crippen molar-refractivity contribution in [3.05, 3.63) is 52.5 Å². The Morgan fingerprint density at radius 3 is 2.57 bits per heavy atom. The molecule has 0 aliphatic heterocycles. The molecule has 0 amide bonds. The van der Waals surface area contributed by atoms with Crippen molar-refractivity contribution in [3.63, 3.8) is 0 Å². The molecule has 112 valence electrons. The van der Waals surface area contributed by atoms with Crippen molar-refractivity contribution in [2.45, 2.75) is 17.4 Å². The molecule has 0 saturated heterocycles. The summed E-state index contributed by atoms with van der Waals surface area (Å²) in [5.41, 5.74) is 0. The van der Waals surface area contributed by atoms with Crippen molar-refractivity contribution < 1.29 is 22.7 Å². The van der Waals surface area contributed by atoms with Gasteiger partial charge in [0.1, 0.15) is 10.7 Å². The summed E-state index contributed by atoms with van der Waals surface area (Å²) < 4.78 is 40.3. The first-order chi connectivity index (χ1) is 9.90. The Kier molecular flexibility index (Phi) is 4.71. The molecule has 0 bridgehead atoms. The number of rotatable bonds is 6. The number of sulfonamides is 1. The molecule has 0 aliphatic carbocycles. The van der Waals surface area contributed by atoms with Crippen LogP contribution in [0.4, 0.5) is 4.39 Å². The minimum atomic E-state index is -4.14. The smallest absolute Gasteiger partial charge is 0.305 e. The van der Waals surface area contributed by atoms with Crippen molar-refractivity contribution in [1.82, 2.24) is 4.72 Å². The van der Waals surface area contributed by atoms with E-state index in [4.69, 9.17) is 5.11 Å². The molecule has 21 heavy (non-hydrogen) atoms. The predicted molar refractivity (Wildman–Crippen MR) is 76.0 cm³/mol. The van der Waals surface area contributed by atoms with E-state index in [0.29, 0.717) is 4.88 Å². The van der Waals surface area contributed by atoms with Crippen LogP contribution in [0.2, 0.25) is 0 Å². The van der Waals surface area contributed by atoms with E-state index in [1.807, 2.05) is 0 Å². The second-order valence-electron chi connectivity index (χ2n) is 4.22. The zero-order valence-corrected chi connectivity index (χ0v) is 12.3. The van der Waals surface area contributed by atoms with Crippen LogP contribution < -0.4 is 4.72 Å². The molecule has 1 aromatic carbocycles. The van der Waals surface area contributed by atoms with Crippen LogP contribution >= 0.6 is 11.3 Å². The van der Waals surface area contributed by atoms with E-state index < -0.39 is 39.2 Å². The van der Waals surface area contributed by atoms with E-state index in [-0.39, 0.29) is 0 Å². The van der Waals surface area contributed by atoms with Gasteiger partial charge in [0.15, 0.2) is 0 Å². The summed E-state index contributed by atoms with van der Waals surface area (Å²) >= 11 is 1.23. The first-order valence-electron chi connectivity index (χ1n) is 5.92. The summed E-state index contributed by atoms with van der Waals surface area (Å²) in [7, 11) is -4.14. The molecule has 1 aromatic heterocycles. The number of thiophene rings is 1. The maximum absolute atomic E-state index is 13.6. The number of aliphatic carboxylic acids is 1. The highest BCUT2D eigenvalue weighted by molar-refractivity contribution is 7.89. The van der Waals surface area contributed by atoms with Crippen molar-refractivity contribution >= 4 is 27.3 Å². The Morgan fingerprint density at radius 1 is 1.29 bits per heavy atom. The van der Waals surface area contributed by atoms with Gasteiger partial charge in [0.2, 0.25) is 10.0 Å². The second-order valence-corrected chi connectivity index (χ2v) is 6.88. The van der Waals surface area contributed by atoms with E-state index in [1.54, 1.807) is 17.5 Å². The molecule has 5 nitrogen and oxygen atoms in total. The van der Waals surface area contributed by atoms with Gasteiger partial charge in [-0.05, 0) is 23.6 Å². The quantitative estimate of drug-likeness (QED) is 0.852. The summed E-state index contributed by atoms with van der Waals surface area (Å²) in [5, 5.41) is 10.6. The first kappa shape index (κ1) is 15.6. The average Bonchev–Trinajstić information content (AvgIpc) is 2.91. The van der Waals surface area contributed by atoms with Crippen molar-refractivity contribution in [2.75, 3.05) is 0 Å². The van der Waals surface area contributed by atoms with Crippen LogP contribution in [0.1, 0.15) is 17.3 Å². The highest BCUT2D eigenvalue weighted by atomic mass is 32.2. The molecule has 1 heterocycles. The molecule has 0 aliphatic rings. The number of benzene rings is 1. The molecule has 0 spiro atoms. The molecular weight excluding hydrogens is 317 g/mol. The molecule has 8 heteroatoms. The van der Waals surface area contributed by atoms with Gasteiger partial charge >= 0.3 is 5.97 Å². The molecule has 0 fully saturated rings. The van der Waals surface area contributed by atoms with Gasteiger partial charge in [0, 0.05) is 4.88 Å². The summed E-state index contributed by atoms with van der Waals surface area (Å²) in [6, 6.07) is 7.31. The number of carbonyl (C=O) groups is 1. The molecular formula is C13H12FNO4S2. The molecule has 2 aromatic rings. The number of halogens is 1. The number of carboxylic acid groups (broad SMARTS) is 1. The van der Waals surface area contributed by atoms with Crippen LogP contribution in [-0.2, 0) is 14.8 Å². The molecule has 0 radical (unpaired) electrons. The fourth-order valence-electron chi connectivity index (χ4n) is 1.78. The fourth-order valence-corrected chi connectivity index (χ4v) is 3.92. The maximum Gasteiger partial charge on any atom is 0.305 e. The summed E-state index contributed by atoms with van der Waals surface area (Å²) in [6.45, 7) is 0. The lowest BCUT2D eigenvalue weighted by Crippen LogP contribution is -2.30. The van der Waals surface area contributed by atoms with E-state index in [0.717, 1.165) is 12.1 Å². The van der Waals surface area contributed by atoms with Crippen LogP contribution in [0.5, 0.6) is 0 Å². The number of hydrogen-bond acceptors (Lipinski definition) is 4. The van der Waals surface area contributed by atoms with Crippen molar-refractivity contribution in [2.24, 2.45) is 0 Å². The minimum absolute atomic E-state index is 0.422. The van der Waals surface area contributed by atoms with Crippen molar-refractivity contribution in [1.29, 1.82) is 0 Å². The zero-order valence-electron chi connectivity index (χ0n) is 10.7. The molecule has 2 N–H and O–H groups in total. The Bertz CT molecular complexity index is 728. The monoisotopic (exact) mass is 329 g/mol. The third-order valence-corrected chi connectivity index (χ3v) is 5.18. The van der Waals surface area contributed by atoms with Gasteiger partial charge in [0.05, 0.1) is 12.5 Å². The van der Waals surface area contributed by atoms with E-state index >= 15 is 0 Å². The summed E-state index contributed by atoms with van der Waals surface area (Å²) in [5.74, 6) is -2.03. The lowest BCUT2D eigenvalue weighted by Gasteiger charge is -2.16. The van der Waals surface area contributed by atoms with Gasteiger partial charge in [-0.25, -0.2) is 17.5 Å². The van der Waals surface area contributed by atoms with E-state index in [2.05, 4.69) is 4.72 Å². The van der Waals surface area contributed by atoms with Crippen LogP contribution in [0.3, 0.4) is 0 Å². The van der Waals surface area contributed by atoms with Crippen molar-refractivity contribution in [3.8, 4) is 0 Å². The highest BCUT2D eigenvalue weighted by Gasteiger charge is 2.26. The lowest BCUT2D eigenvalue weighted by molar-refractivity contribution is -0.137. The number of nitrogens with one attached hydrogen (secondary N) is 1. The zero-order chi connectivity index (χ0) is 15.5. The maximum atomic E-state index is 13.6. The van der Waals surface area contributed by atoms with Gasteiger partial charge in [-0.3, -0.25) is 4.79 Å². The van der Waals surface area contributed by atoms with Gasteiger partial charge in [-0.2, -0.15) is 0 Å². The standard InChI is InChI=1S/C13H12FNO4S2/c14-9-4-1-2-6-12(9)21(18,19)15-10(8-13(16)17)11-5-3-7-20-11/h1-7,10,15H,8H2,(H,16,17). The van der Waals surface area contributed by atoms with Gasteiger partial charge in [0.25, 0.3) is 0 Å². The Labute approximate surface area is 125 Å². The normalized spacial score (nSPS) is 13.0. The van der Waals surface area contributed by atoms with E-state index in [9.17, 15) is 17.6 Å². The molecule has 0 saturated carbocycles. The lowest BCUT2D eigenvalue weighted by atomic mass is 10.2. The minimum Gasteiger partial charge on any atom is -0.481 e. The third kappa shape index (κ3) is 3.87. The number of hydrogen-bond donors (Lipinski definition) is 2. The topological polar surface area (TPSA) is 83.5 Å². The van der Waals surface area contributed by atoms with Gasteiger partial charge < -0.3 is 5.11 Å². The SMILES string of the molecule is O=C(O)CC(NS(=O)(=O)c1ccccc1F)c1cccs1. The first-order valence-corrected chi connectivity index (χ1v) is 8.28. The number of carboxylic acids is 1. The van der Waals surface area contributed by atoms with Gasteiger partial charge in [-0.15, -0.1) is 11.3 Å². The third-order valence-electron chi connectivity index (χ3n) is 2.69. The Morgan fingerprint density at radius 2 is 2.00 bits per heavy atom. The predicted octanol–water partition coefficient (Wildman–Crippen LogP) is 2.38. The highest BCUT2D eigenvalue weighted by Crippen LogP contribution is 2.25. The Balaban J connectivity index is 2.32. The molecule has 1 atom stereocenters. The second kappa shape index (κ2) is 6.33. The molecule has 1 unspecified atom stereocenters. The van der Waals surface area contributed by atoms with Gasteiger partial charge in [-0.1, -0.05) is 18.2 Å².